The first kappa shape index (κ1) is 24.1. The summed E-state index contributed by atoms with van der Waals surface area (Å²) in [5, 5.41) is 16.8. The normalized spacial score (nSPS) is 13.5. The topological polar surface area (TPSA) is 135 Å². The van der Waals surface area contributed by atoms with Crippen molar-refractivity contribution in [1.82, 2.24) is 16.0 Å². The monoisotopic (exact) mass is 377 g/mol. The van der Waals surface area contributed by atoms with Gasteiger partial charge in [0.15, 0.2) is 0 Å². The Balaban J connectivity index is 3.73. The molecule has 0 aromatic heterocycles. The van der Waals surface area contributed by atoms with Crippen LogP contribution in [0.2, 0.25) is 0 Å². The van der Waals surface area contributed by atoms with Crippen molar-refractivity contribution in [2.75, 3.05) is 40.0 Å². The first-order valence-electron chi connectivity index (χ1n) is 8.38. The number of hydrogen-bond acceptors (Lipinski definition) is 7. The van der Waals surface area contributed by atoms with Gasteiger partial charge in [0.25, 0.3) is 0 Å². The molecule has 26 heavy (non-hydrogen) atoms. The molecule has 3 amide bonds. The highest BCUT2D eigenvalue weighted by Gasteiger charge is 2.24. The van der Waals surface area contributed by atoms with E-state index in [1.807, 2.05) is 0 Å². The maximum atomic E-state index is 11.7. The lowest BCUT2D eigenvalue weighted by atomic mass is 10.1. The second-order valence-electron chi connectivity index (χ2n) is 6.49. The molecule has 0 bridgehead atoms. The predicted molar refractivity (Wildman–Crippen MR) is 93.6 cm³/mol. The van der Waals surface area contributed by atoms with Crippen molar-refractivity contribution in [3.8, 4) is 0 Å². The van der Waals surface area contributed by atoms with E-state index in [0.29, 0.717) is 0 Å². The fourth-order valence-corrected chi connectivity index (χ4v) is 1.70. The molecule has 0 rings (SSSR count). The van der Waals surface area contributed by atoms with Crippen LogP contribution in [0.25, 0.3) is 0 Å². The molecule has 152 valence electrons. The fourth-order valence-electron chi connectivity index (χ4n) is 1.70. The van der Waals surface area contributed by atoms with Gasteiger partial charge in [0.05, 0.1) is 25.9 Å². The Bertz CT molecular complexity index is 450. The average molecular weight is 377 g/mol. The molecule has 1 unspecified atom stereocenters. The number of alkyl carbamates (subject to hydrolysis) is 1. The van der Waals surface area contributed by atoms with Crippen LogP contribution >= 0.6 is 0 Å². The van der Waals surface area contributed by atoms with Crippen LogP contribution in [0.4, 0.5) is 4.79 Å². The molecule has 4 N–H and O–H groups in total. The molecule has 0 aliphatic heterocycles. The first-order chi connectivity index (χ1) is 12.1. The summed E-state index contributed by atoms with van der Waals surface area (Å²) in [6, 6.07) is -1.04. The van der Waals surface area contributed by atoms with Gasteiger partial charge in [0.2, 0.25) is 11.8 Å². The van der Waals surface area contributed by atoms with E-state index >= 15 is 0 Å². The Morgan fingerprint density at radius 2 is 1.69 bits per heavy atom. The molecule has 0 aliphatic carbocycles. The molecule has 0 heterocycles. The minimum atomic E-state index is -1.04. The fraction of sp³-hybridized carbons (Fsp3) is 0.812. The molecule has 0 radical (unpaired) electrons. The molecule has 2 atom stereocenters. The van der Waals surface area contributed by atoms with Crippen LogP contribution in [0.15, 0.2) is 0 Å². The largest absolute Gasteiger partial charge is 0.444 e. The molecular formula is C16H31N3O7. The van der Waals surface area contributed by atoms with Crippen LogP contribution in [-0.2, 0) is 23.8 Å². The standard InChI is InChI=1S/C16H31N3O7/c1-11(20)13(14(22)17-5)19-12(21)10-25-9-8-24-7-6-18-15(23)26-16(2,3)4/h11,13,20H,6-10H2,1-5H3,(H,17,22)(H,18,23)(H,19,21)/t11?,13-/m1/s1. The molecule has 10 nitrogen and oxygen atoms in total. The van der Waals surface area contributed by atoms with E-state index in [1.165, 1.54) is 14.0 Å². The number of aliphatic hydroxyl groups is 1. The van der Waals surface area contributed by atoms with Gasteiger partial charge < -0.3 is 35.3 Å². The van der Waals surface area contributed by atoms with Gasteiger partial charge in [0, 0.05) is 13.6 Å². The lowest BCUT2D eigenvalue weighted by Crippen LogP contribution is -2.52. The minimum absolute atomic E-state index is 0.166. The molecule has 0 saturated carbocycles. The molecule has 0 saturated heterocycles. The van der Waals surface area contributed by atoms with Gasteiger partial charge in [-0.25, -0.2) is 4.79 Å². The van der Waals surface area contributed by atoms with E-state index in [1.54, 1.807) is 20.8 Å². The number of rotatable bonds is 11. The molecule has 0 fully saturated rings. The third-order valence-electron chi connectivity index (χ3n) is 2.85. The van der Waals surface area contributed by atoms with Crippen molar-refractivity contribution in [2.24, 2.45) is 0 Å². The summed E-state index contributed by atoms with van der Waals surface area (Å²) < 4.78 is 15.4. The average Bonchev–Trinajstić information content (AvgIpc) is 2.52. The van der Waals surface area contributed by atoms with Crippen LogP contribution in [0.3, 0.4) is 0 Å². The molecule has 0 aromatic rings. The maximum Gasteiger partial charge on any atom is 0.407 e. The zero-order chi connectivity index (χ0) is 20.2. The van der Waals surface area contributed by atoms with Crippen molar-refractivity contribution >= 4 is 17.9 Å². The molecule has 0 spiro atoms. The summed E-state index contributed by atoms with van der Waals surface area (Å²) in [7, 11) is 1.41. The van der Waals surface area contributed by atoms with Gasteiger partial charge >= 0.3 is 6.09 Å². The van der Waals surface area contributed by atoms with Crippen LogP contribution in [0.5, 0.6) is 0 Å². The molecule has 0 aromatic carbocycles. The summed E-state index contributed by atoms with van der Waals surface area (Å²) >= 11 is 0. The number of aliphatic hydroxyl groups excluding tert-OH is 1. The number of amides is 3. The van der Waals surface area contributed by atoms with E-state index in [-0.39, 0.29) is 33.0 Å². The third kappa shape index (κ3) is 12.5. The highest BCUT2D eigenvalue weighted by molar-refractivity contribution is 5.88. The second-order valence-corrected chi connectivity index (χ2v) is 6.49. The zero-order valence-electron chi connectivity index (χ0n) is 16.1. The van der Waals surface area contributed by atoms with Gasteiger partial charge in [-0.15, -0.1) is 0 Å². The van der Waals surface area contributed by atoms with Crippen molar-refractivity contribution < 1.29 is 33.7 Å². The van der Waals surface area contributed by atoms with Gasteiger partial charge in [-0.05, 0) is 27.7 Å². The van der Waals surface area contributed by atoms with Gasteiger partial charge in [0.1, 0.15) is 18.2 Å². The minimum Gasteiger partial charge on any atom is -0.444 e. The Hall–Kier alpha value is -1.91. The van der Waals surface area contributed by atoms with E-state index < -0.39 is 35.7 Å². The highest BCUT2D eigenvalue weighted by Crippen LogP contribution is 2.06. The number of likely N-dealkylation sites (N-methyl/N-ethyl adjacent to an activating group) is 1. The molecule has 10 heteroatoms. The van der Waals surface area contributed by atoms with E-state index in [9.17, 15) is 19.5 Å². The summed E-state index contributed by atoms with van der Waals surface area (Å²) in [6.45, 7) is 7.42. The Morgan fingerprint density at radius 3 is 2.23 bits per heavy atom. The number of nitrogens with one attached hydrogen (secondary N) is 3. The Labute approximate surface area is 153 Å². The number of carbonyl (C=O) groups is 3. The van der Waals surface area contributed by atoms with Crippen molar-refractivity contribution in [3.05, 3.63) is 0 Å². The Morgan fingerprint density at radius 1 is 1.08 bits per heavy atom. The lowest BCUT2D eigenvalue weighted by molar-refractivity contribution is -0.133. The maximum absolute atomic E-state index is 11.7. The number of ether oxygens (including phenoxy) is 3. The summed E-state index contributed by atoms with van der Waals surface area (Å²) in [5.41, 5.74) is -0.552. The summed E-state index contributed by atoms with van der Waals surface area (Å²) in [6.07, 6.45) is -1.54. The zero-order valence-corrected chi connectivity index (χ0v) is 16.1. The Kier molecular flexibility index (Phi) is 11.5. The highest BCUT2D eigenvalue weighted by atomic mass is 16.6. The van der Waals surface area contributed by atoms with Crippen LogP contribution in [0.1, 0.15) is 27.7 Å². The van der Waals surface area contributed by atoms with Crippen LogP contribution in [-0.4, -0.2) is 80.8 Å². The van der Waals surface area contributed by atoms with Crippen molar-refractivity contribution in [1.29, 1.82) is 0 Å². The lowest BCUT2D eigenvalue weighted by Gasteiger charge is -2.20. The first-order valence-corrected chi connectivity index (χ1v) is 8.38. The van der Waals surface area contributed by atoms with Crippen LogP contribution in [0, 0.1) is 0 Å². The SMILES string of the molecule is CNC(=O)[C@H](NC(=O)COCCOCCNC(=O)OC(C)(C)C)C(C)O. The van der Waals surface area contributed by atoms with Crippen molar-refractivity contribution in [3.63, 3.8) is 0 Å². The van der Waals surface area contributed by atoms with Crippen LogP contribution < -0.4 is 16.0 Å². The number of carbonyl (C=O) groups excluding carboxylic acids is 3. The summed E-state index contributed by atoms with van der Waals surface area (Å²) in [4.78, 5) is 34.5. The molecule has 0 aliphatic rings. The smallest absolute Gasteiger partial charge is 0.407 e. The third-order valence-corrected chi connectivity index (χ3v) is 2.85. The molecular weight excluding hydrogens is 346 g/mol. The van der Waals surface area contributed by atoms with Gasteiger partial charge in [-0.1, -0.05) is 0 Å². The van der Waals surface area contributed by atoms with E-state index in [4.69, 9.17) is 14.2 Å². The predicted octanol–water partition coefficient (Wildman–Crippen LogP) is -0.844. The van der Waals surface area contributed by atoms with Crippen molar-refractivity contribution in [2.45, 2.75) is 45.4 Å². The number of hydrogen-bond donors (Lipinski definition) is 4. The summed E-state index contributed by atoms with van der Waals surface area (Å²) in [5.74, 6) is -1.01. The second kappa shape index (κ2) is 12.4. The van der Waals surface area contributed by atoms with E-state index in [0.717, 1.165) is 0 Å². The van der Waals surface area contributed by atoms with E-state index in [2.05, 4.69) is 16.0 Å². The van der Waals surface area contributed by atoms with Gasteiger partial charge in [-0.3, -0.25) is 9.59 Å². The quantitative estimate of drug-likeness (QED) is 0.345. The van der Waals surface area contributed by atoms with Gasteiger partial charge in [-0.2, -0.15) is 0 Å².